The Bertz CT molecular complexity index is 1330. The van der Waals surface area contributed by atoms with Crippen molar-refractivity contribution < 1.29 is 4.42 Å². The van der Waals surface area contributed by atoms with Gasteiger partial charge in [0, 0.05) is 29.6 Å². The van der Waals surface area contributed by atoms with Gasteiger partial charge < -0.3 is 15.1 Å². The number of nitrogens with one attached hydrogen (secondary N) is 2. The Kier molecular flexibility index (Phi) is 5.05. The van der Waals surface area contributed by atoms with E-state index in [-0.39, 0.29) is 6.04 Å². The third kappa shape index (κ3) is 4.10. The van der Waals surface area contributed by atoms with Gasteiger partial charge in [0.2, 0.25) is 5.89 Å². The molecule has 31 heavy (non-hydrogen) atoms. The van der Waals surface area contributed by atoms with Crippen molar-refractivity contribution in [3.8, 4) is 22.9 Å². The van der Waals surface area contributed by atoms with E-state index in [4.69, 9.17) is 4.42 Å². The lowest BCUT2D eigenvalue weighted by Crippen LogP contribution is -2.11. The predicted molar refractivity (Wildman–Crippen MR) is 125 cm³/mol. The van der Waals surface area contributed by atoms with Gasteiger partial charge in [-0.05, 0) is 44.2 Å². The lowest BCUT2D eigenvalue weighted by atomic mass is 10.2. The number of nitrogens with zero attached hydrogens (tertiary/aromatic N) is 4. The maximum atomic E-state index is 5.95. The molecule has 0 aliphatic heterocycles. The smallest absolute Gasteiger partial charge is 0.251 e. The van der Waals surface area contributed by atoms with Crippen LogP contribution in [0.2, 0.25) is 0 Å². The van der Waals surface area contributed by atoms with Crippen molar-refractivity contribution in [3.05, 3.63) is 66.3 Å². The highest BCUT2D eigenvalue weighted by Crippen LogP contribution is 2.32. The van der Waals surface area contributed by atoms with E-state index in [2.05, 4.69) is 50.7 Å². The van der Waals surface area contributed by atoms with Gasteiger partial charge in [-0.15, -0.1) is 21.5 Å². The zero-order valence-corrected chi connectivity index (χ0v) is 17.9. The molecule has 0 amide bonds. The van der Waals surface area contributed by atoms with Crippen LogP contribution in [0.5, 0.6) is 0 Å². The van der Waals surface area contributed by atoms with Crippen LogP contribution in [0.1, 0.15) is 13.8 Å². The van der Waals surface area contributed by atoms with Gasteiger partial charge in [-0.3, -0.25) is 0 Å². The van der Waals surface area contributed by atoms with Crippen LogP contribution in [0.4, 0.5) is 17.2 Å². The molecule has 0 aliphatic rings. The molecule has 5 aromatic rings. The minimum atomic E-state index is 0.221. The number of rotatable bonds is 6. The van der Waals surface area contributed by atoms with Crippen molar-refractivity contribution in [3.63, 3.8) is 0 Å². The first-order chi connectivity index (χ1) is 15.2. The predicted octanol–water partition coefficient (Wildman–Crippen LogP) is 5.97. The SMILES string of the molecule is CC(C)Nc1cc(Nc2ccc3ncsc3c2)ncc1-c1nnc(-c2ccccc2)o1. The fraction of sp³-hybridized carbons (Fsp3) is 0.130. The Hall–Kier alpha value is -3.78. The van der Waals surface area contributed by atoms with Crippen LogP contribution < -0.4 is 10.6 Å². The summed E-state index contributed by atoms with van der Waals surface area (Å²) < 4.78 is 7.07. The molecule has 0 bridgehead atoms. The summed E-state index contributed by atoms with van der Waals surface area (Å²) in [5.41, 5.74) is 6.30. The van der Waals surface area contributed by atoms with Crippen molar-refractivity contribution in [1.82, 2.24) is 20.2 Å². The van der Waals surface area contributed by atoms with Gasteiger partial charge in [-0.1, -0.05) is 18.2 Å². The first kappa shape index (κ1) is 19.2. The molecule has 154 valence electrons. The standard InChI is InChI=1S/C23H20N6OS/c1-14(2)26-19-11-21(27-16-8-9-18-20(10-16)31-13-25-18)24-12-17(19)23-29-28-22(30-23)15-6-4-3-5-7-15/h3-14H,1-2H3,(H2,24,26,27). The number of pyridine rings is 1. The number of anilines is 3. The third-order valence-electron chi connectivity index (χ3n) is 4.63. The van der Waals surface area contributed by atoms with Crippen LogP contribution in [0.25, 0.3) is 33.1 Å². The molecule has 0 atom stereocenters. The van der Waals surface area contributed by atoms with Gasteiger partial charge in [0.1, 0.15) is 5.82 Å². The lowest BCUT2D eigenvalue weighted by molar-refractivity contribution is 0.584. The first-order valence-corrected chi connectivity index (χ1v) is 10.8. The maximum Gasteiger partial charge on any atom is 0.251 e. The average molecular weight is 429 g/mol. The number of fused-ring (bicyclic) bond motifs is 1. The van der Waals surface area contributed by atoms with Crippen molar-refractivity contribution in [1.29, 1.82) is 0 Å². The van der Waals surface area contributed by atoms with Crippen LogP contribution >= 0.6 is 11.3 Å². The van der Waals surface area contributed by atoms with E-state index in [0.29, 0.717) is 11.8 Å². The summed E-state index contributed by atoms with van der Waals surface area (Å²) in [6, 6.07) is 18.0. The zero-order valence-electron chi connectivity index (χ0n) is 17.0. The molecule has 0 unspecified atom stereocenters. The second kappa shape index (κ2) is 8.16. The summed E-state index contributed by atoms with van der Waals surface area (Å²) in [6.07, 6.45) is 1.75. The molecule has 0 saturated heterocycles. The van der Waals surface area contributed by atoms with Gasteiger partial charge in [0.05, 0.1) is 27.0 Å². The van der Waals surface area contributed by atoms with Crippen LogP contribution in [0.3, 0.4) is 0 Å². The normalized spacial score (nSPS) is 11.2. The van der Waals surface area contributed by atoms with Crippen molar-refractivity contribution in [2.45, 2.75) is 19.9 Å². The van der Waals surface area contributed by atoms with Gasteiger partial charge in [-0.25, -0.2) is 9.97 Å². The fourth-order valence-electron chi connectivity index (χ4n) is 3.23. The van der Waals surface area contributed by atoms with Gasteiger partial charge in [-0.2, -0.15) is 0 Å². The fourth-order valence-corrected chi connectivity index (χ4v) is 3.95. The van der Waals surface area contributed by atoms with Crippen LogP contribution in [0.15, 0.2) is 70.7 Å². The molecule has 0 fully saturated rings. The van der Waals surface area contributed by atoms with E-state index in [0.717, 1.165) is 38.5 Å². The molecule has 8 heteroatoms. The highest BCUT2D eigenvalue weighted by molar-refractivity contribution is 7.16. The van der Waals surface area contributed by atoms with E-state index in [9.17, 15) is 0 Å². The van der Waals surface area contributed by atoms with E-state index >= 15 is 0 Å². The summed E-state index contributed by atoms with van der Waals surface area (Å²) in [7, 11) is 0. The van der Waals surface area contributed by atoms with E-state index < -0.39 is 0 Å². The Morgan fingerprint density at radius 2 is 1.77 bits per heavy atom. The molecule has 0 aliphatic carbocycles. The molecule has 5 rings (SSSR count). The molecule has 2 aromatic carbocycles. The third-order valence-corrected chi connectivity index (χ3v) is 5.42. The molecule has 3 aromatic heterocycles. The van der Waals surface area contributed by atoms with E-state index in [1.54, 1.807) is 17.5 Å². The molecule has 0 saturated carbocycles. The maximum absolute atomic E-state index is 5.95. The Balaban J connectivity index is 1.47. The summed E-state index contributed by atoms with van der Waals surface area (Å²) in [6.45, 7) is 4.16. The molecule has 3 heterocycles. The Morgan fingerprint density at radius 1 is 0.935 bits per heavy atom. The topological polar surface area (TPSA) is 88.8 Å². The Labute approximate surface area is 183 Å². The minimum absolute atomic E-state index is 0.221. The molecule has 2 N–H and O–H groups in total. The molecule has 7 nitrogen and oxygen atoms in total. The lowest BCUT2D eigenvalue weighted by Gasteiger charge is -2.15. The summed E-state index contributed by atoms with van der Waals surface area (Å²) in [5.74, 6) is 1.62. The quantitative estimate of drug-likeness (QED) is 0.344. The second-order valence-corrected chi connectivity index (χ2v) is 8.24. The summed E-state index contributed by atoms with van der Waals surface area (Å²) in [5, 5.41) is 15.3. The number of benzene rings is 2. The van der Waals surface area contributed by atoms with Gasteiger partial charge >= 0.3 is 0 Å². The number of thiazole rings is 1. The van der Waals surface area contributed by atoms with Crippen molar-refractivity contribution in [2.75, 3.05) is 10.6 Å². The average Bonchev–Trinajstić information content (AvgIpc) is 3.44. The van der Waals surface area contributed by atoms with Crippen LogP contribution in [-0.4, -0.2) is 26.2 Å². The minimum Gasteiger partial charge on any atom is -0.416 e. The van der Waals surface area contributed by atoms with Gasteiger partial charge in [0.25, 0.3) is 5.89 Å². The largest absolute Gasteiger partial charge is 0.416 e. The van der Waals surface area contributed by atoms with Crippen LogP contribution in [0, 0.1) is 0 Å². The van der Waals surface area contributed by atoms with Crippen molar-refractivity contribution >= 4 is 38.7 Å². The van der Waals surface area contributed by atoms with Crippen LogP contribution in [-0.2, 0) is 0 Å². The summed E-state index contributed by atoms with van der Waals surface area (Å²) in [4.78, 5) is 8.90. The van der Waals surface area contributed by atoms with Gasteiger partial charge in [0.15, 0.2) is 0 Å². The Morgan fingerprint density at radius 3 is 2.61 bits per heavy atom. The molecular formula is C23H20N6OS. The van der Waals surface area contributed by atoms with Crippen molar-refractivity contribution in [2.24, 2.45) is 0 Å². The molecule has 0 spiro atoms. The highest BCUT2D eigenvalue weighted by Gasteiger charge is 2.16. The molecular weight excluding hydrogens is 408 g/mol. The first-order valence-electron chi connectivity index (χ1n) is 9.92. The second-order valence-electron chi connectivity index (χ2n) is 7.35. The number of hydrogen-bond donors (Lipinski definition) is 2. The van der Waals surface area contributed by atoms with E-state index in [1.807, 2.05) is 54.0 Å². The molecule has 0 radical (unpaired) electrons. The monoisotopic (exact) mass is 428 g/mol. The zero-order chi connectivity index (χ0) is 21.2. The summed E-state index contributed by atoms with van der Waals surface area (Å²) >= 11 is 1.61. The number of aromatic nitrogens is 4. The van der Waals surface area contributed by atoms with E-state index in [1.165, 1.54) is 0 Å². The highest BCUT2D eigenvalue weighted by atomic mass is 32.1. The number of hydrogen-bond acceptors (Lipinski definition) is 8.